The summed E-state index contributed by atoms with van der Waals surface area (Å²) >= 11 is 0. The summed E-state index contributed by atoms with van der Waals surface area (Å²) in [5.74, 6) is 0. The molecule has 0 aromatic heterocycles. The van der Waals surface area contributed by atoms with E-state index in [1.807, 2.05) is 6.92 Å². The van der Waals surface area contributed by atoms with Crippen LogP contribution in [0.1, 0.15) is 6.92 Å². The second-order valence-corrected chi connectivity index (χ2v) is 1.06. The van der Waals surface area contributed by atoms with E-state index in [4.69, 9.17) is 0 Å². The molecule has 2 nitrogen and oxygen atoms in total. The fourth-order valence-corrected chi connectivity index (χ4v) is 0.249. The molecule has 0 saturated carbocycles. The van der Waals surface area contributed by atoms with Gasteiger partial charge in [0.05, 0.1) is 0 Å². The molecule has 0 radical (unpaired) electrons. The molecule has 0 aliphatic rings. The van der Waals surface area contributed by atoms with E-state index < -0.39 is 0 Å². The monoisotopic (exact) mass is 111 g/mol. The smallest absolute Gasteiger partial charge is 0.854 e. The van der Waals surface area contributed by atoms with Crippen LogP contribution in [0.3, 0.4) is 0 Å². The third-order valence-electron chi connectivity index (χ3n) is 0.529. The van der Waals surface area contributed by atoms with Gasteiger partial charge in [0.2, 0.25) is 0 Å². The molecule has 1 N–H and O–H groups in total. The molecule has 0 aliphatic heterocycles. The standard InChI is InChI=1S/C4H10NO.Na/c1-2-5-3-4-6;/h5H,2-4H2,1H3;/q-1;+1. The summed E-state index contributed by atoms with van der Waals surface area (Å²) < 4.78 is 0. The molecule has 7 heavy (non-hydrogen) atoms. The summed E-state index contributed by atoms with van der Waals surface area (Å²) in [5.41, 5.74) is 0. The van der Waals surface area contributed by atoms with Crippen molar-refractivity contribution in [3.8, 4) is 0 Å². The summed E-state index contributed by atoms with van der Waals surface area (Å²) in [6, 6.07) is 0. The van der Waals surface area contributed by atoms with E-state index in [2.05, 4.69) is 5.32 Å². The Morgan fingerprint density at radius 3 is 2.29 bits per heavy atom. The maximum absolute atomic E-state index is 9.63. The summed E-state index contributed by atoms with van der Waals surface area (Å²) in [6.45, 7) is 3.49. The van der Waals surface area contributed by atoms with E-state index in [-0.39, 0.29) is 36.2 Å². The fraction of sp³-hybridized carbons (Fsp3) is 1.00. The van der Waals surface area contributed by atoms with Crippen molar-refractivity contribution in [1.29, 1.82) is 0 Å². The zero-order valence-electron chi connectivity index (χ0n) is 5.03. The normalized spacial score (nSPS) is 7.71. The van der Waals surface area contributed by atoms with E-state index in [1.54, 1.807) is 0 Å². The Balaban J connectivity index is 0. The van der Waals surface area contributed by atoms with Gasteiger partial charge in [0.15, 0.2) is 0 Å². The van der Waals surface area contributed by atoms with Crippen LogP contribution < -0.4 is 40.0 Å². The van der Waals surface area contributed by atoms with Crippen molar-refractivity contribution in [1.82, 2.24) is 5.32 Å². The molecule has 0 saturated heterocycles. The number of hydrogen-bond acceptors (Lipinski definition) is 2. The molecular weight excluding hydrogens is 101 g/mol. The summed E-state index contributed by atoms with van der Waals surface area (Å²) in [4.78, 5) is 0. The molecule has 0 aromatic rings. The van der Waals surface area contributed by atoms with Crippen LogP contribution in [0.4, 0.5) is 0 Å². The number of likely N-dealkylation sites (N-methyl/N-ethyl adjacent to an activating group) is 1. The molecule has 0 aliphatic carbocycles. The molecule has 38 valence electrons. The number of hydrogen-bond donors (Lipinski definition) is 1. The first-order valence-electron chi connectivity index (χ1n) is 2.20. The van der Waals surface area contributed by atoms with Crippen LogP contribution in [0.2, 0.25) is 0 Å². The van der Waals surface area contributed by atoms with Gasteiger partial charge in [0.1, 0.15) is 0 Å². The van der Waals surface area contributed by atoms with E-state index in [1.165, 1.54) is 0 Å². The van der Waals surface area contributed by atoms with E-state index in [0.29, 0.717) is 6.54 Å². The van der Waals surface area contributed by atoms with Crippen LogP contribution >= 0.6 is 0 Å². The summed E-state index contributed by atoms with van der Waals surface area (Å²) in [6.07, 6.45) is 0. The first-order valence-corrected chi connectivity index (χ1v) is 2.20. The van der Waals surface area contributed by atoms with E-state index in [0.717, 1.165) is 6.54 Å². The topological polar surface area (TPSA) is 35.1 Å². The molecule has 0 heterocycles. The van der Waals surface area contributed by atoms with Gasteiger partial charge in [-0.05, 0) is 13.1 Å². The van der Waals surface area contributed by atoms with E-state index >= 15 is 0 Å². The molecule has 0 unspecified atom stereocenters. The summed E-state index contributed by atoms with van der Waals surface area (Å²) in [5, 5.41) is 12.5. The minimum Gasteiger partial charge on any atom is -0.854 e. The van der Waals surface area contributed by atoms with Crippen LogP contribution in [-0.4, -0.2) is 19.7 Å². The molecule has 0 aromatic carbocycles. The molecule has 0 rings (SSSR count). The van der Waals surface area contributed by atoms with Gasteiger partial charge < -0.3 is 10.4 Å². The van der Waals surface area contributed by atoms with Gasteiger partial charge in [-0.25, -0.2) is 0 Å². The Labute approximate surface area is 66.6 Å². The third-order valence-corrected chi connectivity index (χ3v) is 0.529. The van der Waals surface area contributed by atoms with Crippen molar-refractivity contribution >= 4 is 0 Å². The SMILES string of the molecule is CCNCC[O-].[Na+]. The number of nitrogens with one attached hydrogen (secondary N) is 1. The fourth-order valence-electron chi connectivity index (χ4n) is 0.249. The minimum absolute atomic E-state index is 0. The van der Waals surface area contributed by atoms with Gasteiger partial charge in [0.25, 0.3) is 0 Å². The predicted molar refractivity (Wildman–Crippen MR) is 23.4 cm³/mol. The van der Waals surface area contributed by atoms with E-state index in [9.17, 15) is 5.11 Å². The Morgan fingerprint density at radius 2 is 2.14 bits per heavy atom. The van der Waals surface area contributed by atoms with Gasteiger partial charge in [-0.1, -0.05) is 6.92 Å². The van der Waals surface area contributed by atoms with Crippen molar-refractivity contribution in [2.24, 2.45) is 0 Å². The Morgan fingerprint density at radius 1 is 1.57 bits per heavy atom. The van der Waals surface area contributed by atoms with Gasteiger partial charge >= 0.3 is 29.6 Å². The van der Waals surface area contributed by atoms with Crippen LogP contribution in [0.25, 0.3) is 0 Å². The first kappa shape index (κ1) is 10.8. The molecule has 0 bridgehead atoms. The Kier molecular flexibility index (Phi) is 15.5. The minimum atomic E-state index is -0.00611. The largest absolute Gasteiger partial charge is 1.00 e. The van der Waals surface area contributed by atoms with Gasteiger partial charge in [-0.3, -0.25) is 0 Å². The second-order valence-electron chi connectivity index (χ2n) is 1.06. The Hall–Kier alpha value is 0.920. The second kappa shape index (κ2) is 10.0. The third kappa shape index (κ3) is 10.9. The molecule has 0 amide bonds. The maximum atomic E-state index is 9.63. The van der Waals surface area contributed by atoms with Gasteiger partial charge in [0, 0.05) is 0 Å². The van der Waals surface area contributed by atoms with Crippen LogP contribution in [0.5, 0.6) is 0 Å². The van der Waals surface area contributed by atoms with Crippen LogP contribution in [0.15, 0.2) is 0 Å². The van der Waals surface area contributed by atoms with Crippen LogP contribution in [0, 0.1) is 0 Å². The van der Waals surface area contributed by atoms with Gasteiger partial charge in [-0.2, -0.15) is 0 Å². The molecule has 0 spiro atoms. The zero-order chi connectivity index (χ0) is 4.83. The molecule has 0 fully saturated rings. The van der Waals surface area contributed by atoms with Gasteiger partial charge in [-0.15, -0.1) is 6.61 Å². The average molecular weight is 111 g/mol. The van der Waals surface area contributed by atoms with Crippen molar-refractivity contribution < 1.29 is 34.7 Å². The number of rotatable bonds is 3. The molecular formula is C4H10NNaO. The van der Waals surface area contributed by atoms with Crippen molar-refractivity contribution in [2.45, 2.75) is 6.92 Å². The van der Waals surface area contributed by atoms with Crippen molar-refractivity contribution in [3.63, 3.8) is 0 Å². The average Bonchev–Trinajstić information content (AvgIpc) is 1.61. The molecule has 0 atom stereocenters. The quantitative estimate of drug-likeness (QED) is 0.297. The maximum Gasteiger partial charge on any atom is 1.00 e. The molecule has 3 heteroatoms. The predicted octanol–water partition coefficient (Wildman–Crippen LogP) is -4.04. The Bertz CT molecular complexity index is 23.7. The summed E-state index contributed by atoms with van der Waals surface area (Å²) in [7, 11) is 0. The first-order chi connectivity index (χ1) is 2.91. The van der Waals surface area contributed by atoms with Crippen LogP contribution in [-0.2, 0) is 0 Å². The van der Waals surface area contributed by atoms with Crippen molar-refractivity contribution in [2.75, 3.05) is 19.7 Å². The zero-order valence-corrected chi connectivity index (χ0v) is 7.03. The van der Waals surface area contributed by atoms with Crippen molar-refractivity contribution in [3.05, 3.63) is 0 Å².